The van der Waals surface area contributed by atoms with Crippen LogP contribution in [0.4, 0.5) is 10.8 Å². The van der Waals surface area contributed by atoms with Crippen molar-refractivity contribution in [2.45, 2.75) is 18.7 Å². The van der Waals surface area contributed by atoms with E-state index in [4.69, 9.17) is 9.72 Å². The van der Waals surface area contributed by atoms with Gasteiger partial charge in [-0.15, -0.1) is 12.4 Å². The molecule has 5 rings (SSSR count). The van der Waals surface area contributed by atoms with Crippen LogP contribution >= 0.6 is 23.7 Å². The minimum atomic E-state index is -3.74. The zero-order valence-corrected chi connectivity index (χ0v) is 25.4. The van der Waals surface area contributed by atoms with Crippen LogP contribution < -0.4 is 19.7 Å². The van der Waals surface area contributed by atoms with Gasteiger partial charge >= 0.3 is 0 Å². The lowest BCUT2D eigenvalue weighted by Gasteiger charge is -2.34. The number of benzene rings is 3. The van der Waals surface area contributed by atoms with Gasteiger partial charge in [0.15, 0.2) is 5.13 Å². The normalized spacial score (nSPS) is 14.0. The van der Waals surface area contributed by atoms with Crippen LogP contribution in [0.2, 0.25) is 0 Å². The monoisotopic (exact) mass is 615 g/mol. The molecule has 3 aromatic carbocycles. The van der Waals surface area contributed by atoms with Gasteiger partial charge in [-0.2, -0.15) is 0 Å². The van der Waals surface area contributed by atoms with Gasteiger partial charge < -0.3 is 15.0 Å². The molecule has 1 fully saturated rings. The van der Waals surface area contributed by atoms with Crippen LogP contribution in [0, 0.1) is 6.92 Å². The topological polar surface area (TPSA) is 104 Å². The van der Waals surface area contributed by atoms with Gasteiger partial charge in [0.25, 0.3) is 15.9 Å². The highest BCUT2D eigenvalue weighted by molar-refractivity contribution is 7.92. The average Bonchev–Trinajstić information content (AvgIpc) is 3.37. The Balaban J connectivity index is 0.00000387. The number of nitrogens with zero attached hydrogens (tertiary/aromatic N) is 3. The number of aromatic nitrogens is 1. The molecule has 4 aromatic rings. The molecule has 0 unspecified atom stereocenters. The van der Waals surface area contributed by atoms with Gasteiger partial charge in [0.2, 0.25) is 0 Å². The van der Waals surface area contributed by atoms with Crippen molar-refractivity contribution < 1.29 is 17.9 Å². The Labute approximate surface area is 251 Å². The van der Waals surface area contributed by atoms with E-state index in [0.717, 1.165) is 59.4 Å². The number of ether oxygens (including phenoxy) is 1. The predicted molar refractivity (Wildman–Crippen MR) is 167 cm³/mol. The van der Waals surface area contributed by atoms with Crippen molar-refractivity contribution in [1.29, 1.82) is 0 Å². The second kappa shape index (κ2) is 13.5. The summed E-state index contributed by atoms with van der Waals surface area (Å²) in [5.41, 5.74) is 2.70. The van der Waals surface area contributed by atoms with Crippen molar-refractivity contribution in [3.05, 3.63) is 77.9 Å². The third-order valence-electron chi connectivity index (χ3n) is 6.72. The van der Waals surface area contributed by atoms with Crippen LogP contribution in [-0.4, -0.2) is 70.1 Å². The van der Waals surface area contributed by atoms with Crippen LogP contribution in [0.3, 0.4) is 0 Å². The number of piperazine rings is 1. The third-order valence-corrected chi connectivity index (χ3v) is 9.20. The predicted octanol–water partition coefficient (Wildman–Crippen LogP) is 4.78. The summed E-state index contributed by atoms with van der Waals surface area (Å²) in [6, 6.07) is 19.2. The van der Waals surface area contributed by atoms with Crippen LogP contribution in [0.5, 0.6) is 5.75 Å². The molecule has 0 bridgehead atoms. The zero-order chi connectivity index (χ0) is 28.1. The van der Waals surface area contributed by atoms with E-state index in [0.29, 0.717) is 24.4 Å². The average molecular weight is 616 g/mol. The lowest BCUT2D eigenvalue weighted by atomic mass is 10.2. The number of nitrogens with one attached hydrogen (secondary N) is 2. The molecule has 2 N–H and O–H groups in total. The van der Waals surface area contributed by atoms with E-state index in [-0.39, 0.29) is 23.2 Å². The van der Waals surface area contributed by atoms with Crippen molar-refractivity contribution in [2.24, 2.45) is 0 Å². The maximum atomic E-state index is 12.8. The van der Waals surface area contributed by atoms with Crippen LogP contribution in [0.25, 0.3) is 10.2 Å². The van der Waals surface area contributed by atoms with Crippen molar-refractivity contribution >= 4 is 60.7 Å². The van der Waals surface area contributed by atoms with Gasteiger partial charge in [0, 0.05) is 50.5 Å². The second-order valence-electron chi connectivity index (χ2n) is 9.64. The number of hydrogen-bond acceptors (Lipinski definition) is 8. The molecular formula is C29H34ClN5O4S2. The largest absolute Gasteiger partial charge is 0.494 e. The molecule has 0 saturated carbocycles. The summed E-state index contributed by atoms with van der Waals surface area (Å²) in [6.45, 7) is 9.25. The number of halogens is 1. The quantitative estimate of drug-likeness (QED) is 0.265. The van der Waals surface area contributed by atoms with Gasteiger partial charge in [-0.1, -0.05) is 35.1 Å². The van der Waals surface area contributed by atoms with Gasteiger partial charge in [-0.25, -0.2) is 13.4 Å². The minimum absolute atomic E-state index is 0. The molecule has 218 valence electrons. The Hall–Kier alpha value is -3.38. The van der Waals surface area contributed by atoms with Crippen molar-refractivity contribution in [3.63, 3.8) is 0 Å². The Kier molecular flexibility index (Phi) is 10.1. The summed E-state index contributed by atoms with van der Waals surface area (Å²) in [7, 11) is -3.74. The van der Waals surface area contributed by atoms with E-state index in [9.17, 15) is 13.2 Å². The van der Waals surface area contributed by atoms with Gasteiger partial charge in [-0.3, -0.25) is 14.4 Å². The molecule has 0 atom stereocenters. The first-order chi connectivity index (χ1) is 19.3. The fourth-order valence-electron chi connectivity index (χ4n) is 4.53. The molecule has 2 heterocycles. The van der Waals surface area contributed by atoms with Crippen LogP contribution in [-0.2, 0) is 10.0 Å². The molecule has 1 saturated heterocycles. The number of amides is 1. The highest BCUT2D eigenvalue weighted by Gasteiger charge is 2.20. The number of carbonyl (C=O) groups excluding carboxylic acids is 1. The van der Waals surface area contributed by atoms with E-state index in [2.05, 4.69) is 19.8 Å². The first kappa shape index (κ1) is 30.6. The minimum Gasteiger partial charge on any atom is -0.494 e. The standard InChI is InChI=1S/C29H33N5O4S2.ClH/c1-3-38-24-9-12-26-27(20-24)39-29(31-26)34-17-15-33(16-18-34)14-13-30-28(35)22-5-4-6-23(19-22)32-40(36,37)25-10-7-21(2)8-11-25;/h4-12,19-20,32H,3,13-18H2,1-2H3,(H,30,35);1H. The fraction of sp³-hybridized carbons (Fsp3) is 0.310. The smallest absolute Gasteiger partial charge is 0.261 e. The van der Waals surface area contributed by atoms with Gasteiger partial charge in [0.05, 0.1) is 21.7 Å². The zero-order valence-electron chi connectivity index (χ0n) is 23.0. The number of hydrogen-bond donors (Lipinski definition) is 2. The number of thiazole rings is 1. The van der Waals surface area contributed by atoms with Crippen LogP contribution in [0.15, 0.2) is 71.6 Å². The Morgan fingerprint density at radius 2 is 1.78 bits per heavy atom. The lowest BCUT2D eigenvalue weighted by molar-refractivity contribution is 0.0947. The number of rotatable bonds is 10. The summed E-state index contributed by atoms with van der Waals surface area (Å²) in [5.74, 6) is 0.628. The number of sulfonamides is 1. The first-order valence-corrected chi connectivity index (χ1v) is 15.6. The molecule has 0 spiro atoms. The lowest BCUT2D eigenvalue weighted by Crippen LogP contribution is -2.48. The first-order valence-electron chi connectivity index (χ1n) is 13.3. The maximum Gasteiger partial charge on any atom is 0.261 e. The van der Waals surface area contributed by atoms with Gasteiger partial charge in [0.1, 0.15) is 5.75 Å². The Morgan fingerprint density at radius 3 is 2.51 bits per heavy atom. The molecule has 9 nitrogen and oxygen atoms in total. The highest BCUT2D eigenvalue weighted by atomic mass is 35.5. The molecule has 1 aromatic heterocycles. The van der Waals surface area contributed by atoms with E-state index < -0.39 is 10.0 Å². The van der Waals surface area contributed by atoms with Crippen molar-refractivity contribution in [3.8, 4) is 5.75 Å². The van der Waals surface area contributed by atoms with Crippen LogP contribution in [0.1, 0.15) is 22.8 Å². The molecule has 1 aliphatic rings. The summed E-state index contributed by atoms with van der Waals surface area (Å²) < 4.78 is 34.7. The fourth-order valence-corrected chi connectivity index (χ4v) is 6.63. The van der Waals surface area contributed by atoms with E-state index in [1.54, 1.807) is 59.9 Å². The molecule has 1 aliphatic heterocycles. The summed E-state index contributed by atoms with van der Waals surface area (Å²) in [4.78, 5) is 22.4. The van der Waals surface area contributed by atoms with E-state index >= 15 is 0 Å². The third kappa shape index (κ3) is 7.68. The molecule has 12 heteroatoms. The highest BCUT2D eigenvalue weighted by Crippen LogP contribution is 2.32. The van der Waals surface area contributed by atoms with Crippen molar-refractivity contribution in [1.82, 2.24) is 15.2 Å². The van der Waals surface area contributed by atoms with E-state index in [1.807, 2.05) is 32.0 Å². The number of fused-ring (bicyclic) bond motifs is 1. The summed E-state index contributed by atoms with van der Waals surface area (Å²) in [6.07, 6.45) is 0. The Bertz CT molecular complexity index is 1590. The SMILES string of the molecule is CCOc1ccc2nc(N3CCN(CCNC(=O)c4cccc(NS(=O)(=O)c5ccc(C)cc5)c4)CC3)sc2c1.Cl. The number of aryl methyl sites for hydroxylation is 1. The molecule has 0 radical (unpaired) electrons. The Morgan fingerprint density at radius 1 is 1.02 bits per heavy atom. The molecule has 1 amide bonds. The molecule has 0 aliphatic carbocycles. The number of anilines is 2. The summed E-state index contributed by atoms with van der Waals surface area (Å²) in [5, 5.41) is 3.98. The molecule has 41 heavy (non-hydrogen) atoms. The number of carbonyl (C=O) groups is 1. The molecular weight excluding hydrogens is 582 g/mol. The second-order valence-corrected chi connectivity index (χ2v) is 12.3. The summed E-state index contributed by atoms with van der Waals surface area (Å²) >= 11 is 1.68. The maximum absolute atomic E-state index is 12.8. The van der Waals surface area contributed by atoms with E-state index in [1.165, 1.54) is 0 Å². The van der Waals surface area contributed by atoms with Crippen molar-refractivity contribution in [2.75, 3.05) is 55.5 Å². The van der Waals surface area contributed by atoms with Gasteiger partial charge in [-0.05, 0) is 62.4 Å².